The summed E-state index contributed by atoms with van der Waals surface area (Å²) in [5, 5.41) is 0. The normalized spacial score (nSPS) is 44.4. The largest absolute Gasteiger partial charge is 0.342 e. The number of amides is 1. The van der Waals surface area contributed by atoms with E-state index < -0.39 is 0 Å². The molecule has 1 aromatic heterocycles. The highest BCUT2D eigenvalue weighted by molar-refractivity contribution is 5.77. The van der Waals surface area contributed by atoms with Gasteiger partial charge in [-0.2, -0.15) is 0 Å². The third kappa shape index (κ3) is 2.91. The van der Waals surface area contributed by atoms with Crippen molar-refractivity contribution in [2.75, 3.05) is 7.05 Å². The molecule has 1 aliphatic heterocycles. The zero-order valence-corrected chi connectivity index (χ0v) is 18.3. The summed E-state index contributed by atoms with van der Waals surface area (Å²) in [5.74, 6) is 3.58. The molecule has 156 valence electrons. The van der Waals surface area contributed by atoms with Gasteiger partial charge < -0.3 is 4.90 Å². The Hall–Kier alpha value is -1.64. The van der Waals surface area contributed by atoms with Crippen LogP contribution in [0.15, 0.2) is 30.6 Å². The van der Waals surface area contributed by atoms with E-state index in [0.29, 0.717) is 28.7 Å². The molecule has 2 heterocycles. The summed E-state index contributed by atoms with van der Waals surface area (Å²) < 4.78 is 0. The lowest BCUT2D eigenvalue weighted by Gasteiger charge is -2.61. The first-order valence-electron chi connectivity index (χ1n) is 11.8. The lowest BCUT2D eigenvalue weighted by molar-refractivity contribution is -0.157. The van der Waals surface area contributed by atoms with Crippen molar-refractivity contribution in [1.29, 1.82) is 0 Å². The number of allylic oxidation sites excluding steroid dienone is 1. The average molecular weight is 393 g/mol. The molecule has 0 bridgehead atoms. The van der Waals surface area contributed by atoms with Crippen molar-refractivity contribution in [2.45, 2.75) is 71.3 Å². The van der Waals surface area contributed by atoms with Crippen LogP contribution in [0, 0.1) is 34.5 Å². The number of aromatic nitrogens is 1. The second kappa shape index (κ2) is 6.96. The molecule has 4 aliphatic rings. The Labute approximate surface area is 176 Å². The van der Waals surface area contributed by atoms with Gasteiger partial charge in [0, 0.05) is 31.9 Å². The van der Waals surface area contributed by atoms with Gasteiger partial charge in [0.15, 0.2) is 0 Å². The number of carbonyl (C=O) groups excluding carboxylic acids is 1. The lowest BCUT2D eigenvalue weighted by Crippen LogP contribution is -2.61. The summed E-state index contributed by atoms with van der Waals surface area (Å²) >= 11 is 0. The summed E-state index contributed by atoms with van der Waals surface area (Å²) in [4.78, 5) is 18.6. The molecule has 1 amide bonds. The standard InChI is InChI=1S/C26H36N2O/c1-25-14-10-22-20(7-9-23-26(22,2)15-11-24(29)28(23)3)21(25)8-6-19(25)5-4-18-12-16-27-17-13-18/h4-5,12-13,16-17,19-23H,6-11,14-15H2,1-3H3/b5-4+/t19-,20-,21-,22-,23+,25+,26+/m0/s1. The van der Waals surface area contributed by atoms with Crippen molar-refractivity contribution in [3.8, 4) is 0 Å². The maximum absolute atomic E-state index is 12.3. The lowest BCUT2D eigenvalue weighted by atomic mass is 9.47. The van der Waals surface area contributed by atoms with Gasteiger partial charge >= 0.3 is 0 Å². The molecule has 29 heavy (non-hydrogen) atoms. The van der Waals surface area contributed by atoms with Crippen molar-refractivity contribution in [3.05, 3.63) is 36.2 Å². The molecule has 3 saturated carbocycles. The molecule has 0 radical (unpaired) electrons. The molecule has 3 aliphatic carbocycles. The summed E-state index contributed by atoms with van der Waals surface area (Å²) in [5.41, 5.74) is 2.05. The Morgan fingerprint density at radius 2 is 1.76 bits per heavy atom. The Kier molecular flexibility index (Phi) is 4.64. The smallest absolute Gasteiger partial charge is 0.222 e. The number of carbonyl (C=O) groups is 1. The number of hydrogen-bond donors (Lipinski definition) is 0. The highest BCUT2D eigenvalue weighted by Gasteiger charge is 2.60. The topological polar surface area (TPSA) is 33.2 Å². The molecular weight excluding hydrogens is 356 g/mol. The van der Waals surface area contributed by atoms with Crippen LogP contribution in [0.25, 0.3) is 6.08 Å². The second-order valence-corrected chi connectivity index (χ2v) is 10.8. The molecule has 5 rings (SSSR count). The van der Waals surface area contributed by atoms with Crippen LogP contribution in [0.2, 0.25) is 0 Å². The van der Waals surface area contributed by atoms with Crippen molar-refractivity contribution >= 4 is 12.0 Å². The van der Waals surface area contributed by atoms with Gasteiger partial charge in [-0.15, -0.1) is 0 Å². The maximum atomic E-state index is 12.3. The summed E-state index contributed by atoms with van der Waals surface area (Å²) in [6, 6.07) is 4.68. The van der Waals surface area contributed by atoms with Gasteiger partial charge in [0.2, 0.25) is 5.91 Å². The fraction of sp³-hybridized carbons (Fsp3) is 0.692. The van der Waals surface area contributed by atoms with E-state index in [1.54, 1.807) is 0 Å². The molecule has 0 unspecified atom stereocenters. The fourth-order valence-electron chi connectivity index (χ4n) is 8.21. The summed E-state index contributed by atoms with van der Waals surface area (Å²) in [7, 11) is 2.06. The van der Waals surface area contributed by atoms with Gasteiger partial charge in [-0.05, 0) is 97.1 Å². The van der Waals surface area contributed by atoms with Crippen LogP contribution < -0.4 is 0 Å². The molecule has 3 heteroatoms. The Bertz CT molecular complexity index is 804. The number of pyridine rings is 1. The van der Waals surface area contributed by atoms with Crippen molar-refractivity contribution < 1.29 is 4.79 Å². The van der Waals surface area contributed by atoms with Crippen LogP contribution in [0.4, 0.5) is 0 Å². The van der Waals surface area contributed by atoms with E-state index >= 15 is 0 Å². The molecule has 0 N–H and O–H groups in total. The molecule has 1 aromatic rings. The first-order valence-corrected chi connectivity index (χ1v) is 11.8. The van der Waals surface area contributed by atoms with Gasteiger partial charge in [0.1, 0.15) is 0 Å². The number of nitrogens with zero attached hydrogens (tertiary/aromatic N) is 2. The Balaban J connectivity index is 1.38. The van der Waals surface area contributed by atoms with Crippen LogP contribution in [-0.4, -0.2) is 28.9 Å². The summed E-state index contributed by atoms with van der Waals surface area (Å²) in [6.45, 7) is 5.11. The number of likely N-dealkylation sites (tertiary alicyclic amines) is 1. The zero-order chi connectivity index (χ0) is 20.2. The van der Waals surface area contributed by atoms with E-state index in [2.05, 4.69) is 55.1 Å². The second-order valence-electron chi connectivity index (χ2n) is 10.8. The number of hydrogen-bond acceptors (Lipinski definition) is 2. The fourth-order valence-corrected chi connectivity index (χ4v) is 8.21. The van der Waals surface area contributed by atoms with Crippen LogP contribution in [0.5, 0.6) is 0 Å². The van der Waals surface area contributed by atoms with Crippen LogP contribution >= 0.6 is 0 Å². The number of fused-ring (bicyclic) bond motifs is 5. The van der Waals surface area contributed by atoms with Gasteiger partial charge in [0.25, 0.3) is 0 Å². The first-order chi connectivity index (χ1) is 13.9. The molecule has 1 saturated heterocycles. The van der Waals surface area contributed by atoms with Crippen molar-refractivity contribution in [1.82, 2.24) is 9.88 Å². The van der Waals surface area contributed by atoms with Crippen molar-refractivity contribution in [3.63, 3.8) is 0 Å². The Morgan fingerprint density at radius 3 is 2.55 bits per heavy atom. The zero-order valence-electron chi connectivity index (χ0n) is 18.3. The maximum Gasteiger partial charge on any atom is 0.222 e. The van der Waals surface area contributed by atoms with Gasteiger partial charge in [-0.1, -0.05) is 26.0 Å². The molecule has 3 nitrogen and oxygen atoms in total. The molecule has 7 atom stereocenters. The van der Waals surface area contributed by atoms with E-state index in [1.165, 1.54) is 44.1 Å². The van der Waals surface area contributed by atoms with E-state index in [-0.39, 0.29) is 0 Å². The van der Waals surface area contributed by atoms with E-state index in [9.17, 15) is 4.79 Å². The van der Waals surface area contributed by atoms with Crippen LogP contribution in [0.1, 0.15) is 70.8 Å². The van der Waals surface area contributed by atoms with E-state index in [4.69, 9.17) is 0 Å². The average Bonchev–Trinajstić information content (AvgIpc) is 3.07. The predicted molar refractivity (Wildman–Crippen MR) is 117 cm³/mol. The first kappa shape index (κ1) is 19.3. The predicted octanol–water partition coefficient (Wildman–Crippen LogP) is 5.57. The number of rotatable bonds is 2. The molecule has 4 fully saturated rings. The third-order valence-electron chi connectivity index (χ3n) is 9.86. The van der Waals surface area contributed by atoms with Gasteiger partial charge in [-0.3, -0.25) is 9.78 Å². The van der Waals surface area contributed by atoms with E-state index in [1.807, 2.05) is 12.4 Å². The highest BCUT2D eigenvalue weighted by Crippen LogP contribution is 2.66. The quantitative estimate of drug-likeness (QED) is 0.659. The number of piperidine rings is 1. The Morgan fingerprint density at radius 1 is 1.00 bits per heavy atom. The third-order valence-corrected chi connectivity index (χ3v) is 9.86. The molecule has 0 spiro atoms. The minimum atomic E-state index is 0.331. The molecule has 0 aromatic carbocycles. The summed E-state index contributed by atoms with van der Waals surface area (Å²) in [6.07, 6.45) is 18.4. The van der Waals surface area contributed by atoms with Crippen LogP contribution in [0.3, 0.4) is 0 Å². The van der Waals surface area contributed by atoms with E-state index in [0.717, 1.165) is 30.6 Å². The van der Waals surface area contributed by atoms with Gasteiger partial charge in [0.05, 0.1) is 0 Å². The monoisotopic (exact) mass is 392 g/mol. The minimum Gasteiger partial charge on any atom is -0.342 e. The molecular formula is C26H36N2O. The van der Waals surface area contributed by atoms with Gasteiger partial charge in [-0.25, -0.2) is 0 Å². The SMILES string of the molecule is CN1C(=O)CC[C@]2(C)[C@H]3CC[C@]4(C)[C@@H](/C=C/c5ccncc5)CC[C@H]4[C@@H]3CC[C@@H]12. The highest BCUT2D eigenvalue weighted by atomic mass is 16.2. The van der Waals surface area contributed by atoms with Crippen LogP contribution in [-0.2, 0) is 4.79 Å². The minimum absolute atomic E-state index is 0.331. The van der Waals surface area contributed by atoms with Crippen molar-refractivity contribution in [2.24, 2.45) is 34.5 Å².